The van der Waals surface area contributed by atoms with Gasteiger partial charge in [0, 0.05) is 12.2 Å². The van der Waals surface area contributed by atoms with E-state index in [9.17, 15) is 13.5 Å². The number of nitrogens with one attached hydrogen (secondary N) is 1. The van der Waals surface area contributed by atoms with Gasteiger partial charge in [-0.25, -0.2) is 13.1 Å². The predicted molar refractivity (Wildman–Crippen MR) is 78.6 cm³/mol. The Balaban J connectivity index is 2.04. The van der Waals surface area contributed by atoms with Gasteiger partial charge in [0.15, 0.2) is 0 Å². The van der Waals surface area contributed by atoms with Crippen LogP contribution >= 0.6 is 0 Å². The first-order valence-corrected chi connectivity index (χ1v) is 8.37. The van der Waals surface area contributed by atoms with E-state index in [1.807, 2.05) is 0 Å². The molecule has 4 N–H and O–H groups in total. The molecule has 1 aliphatic carbocycles. The monoisotopic (exact) mass is 298 g/mol. The molecule has 2 unspecified atom stereocenters. The van der Waals surface area contributed by atoms with Crippen LogP contribution in [0, 0.1) is 5.92 Å². The second kappa shape index (κ2) is 5.71. The van der Waals surface area contributed by atoms with E-state index in [-0.39, 0.29) is 11.4 Å². The summed E-state index contributed by atoms with van der Waals surface area (Å²) in [6, 6.07) is 6.02. The van der Waals surface area contributed by atoms with Gasteiger partial charge in [0.2, 0.25) is 10.0 Å². The molecule has 0 spiro atoms. The molecule has 0 amide bonds. The molecule has 2 rings (SSSR count). The highest BCUT2D eigenvalue weighted by atomic mass is 32.2. The van der Waals surface area contributed by atoms with Crippen molar-refractivity contribution in [3.63, 3.8) is 0 Å². The van der Waals surface area contributed by atoms with E-state index in [1.54, 1.807) is 12.1 Å². The molecule has 1 saturated carbocycles. The molecule has 1 fully saturated rings. The summed E-state index contributed by atoms with van der Waals surface area (Å²) in [6.07, 6.45) is 3.30. The molecule has 112 valence electrons. The van der Waals surface area contributed by atoms with Crippen molar-refractivity contribution in [3.8, 4) is 0 Å². The minimum Gasteiger partial charge on any atom is -0.399 e. The van der Waals surface area contributed by atoms with Gasteiger partial charge in [0.05, 0.1) is 10.5 Å². The lowest BCUT2D eigenvalue weighted by Crippen LogP contribution is -2.45. The number of sulfonamides is 1. The summed E-state index contributed by atoms with van der Waals surface area (Å²) in [7, 11) is -3.60. The molecule has 0 saturated heterocycles. The molecule has 0 heterocycles. The highest BCUT2D eigenvalue weighted by molar-refractivity contribution is 7.89. The minimum absolute atomic E-state index is 0.0596. The topological polar surface area (TPSA) is 92.4 Å². The van der Waals surface area contributed by atoms with Crippen molar-refractivity contribution >= 4 is 15.7 Å². The molecule has 0 aromatic heterocycles. The molecule has 20 heavy (non-hydrogen) atoms. The van der Waals surface area contributed by atoms with Gasteiger partial charge in [-0.3, -0.25) is 0 Å². The molecule has 2 atom stereocenters. The number of rotatable bonds is 4. The fraction of sp³-hybridized carbons (Fsp3) is 0.571. The molecule has 1 aromatic rings. The third-order valence-electron chi connectivity index (χ3n) is 3.85. The maximum Gasteiger partial charge on any atom is 0.240 e. The Kier molecular flexibility index (Phi) is 4.36. The molecular weight excluding hydrogens is 276 g/mol. The molecule has 0 radical (unpaired) electrons. The Morgan fingerprint density at radius 2 is 2.05 bits per heavy atom. The molecule has 0 aliphatic heterocycles. The van der Waals surface area contributed by atoms with Crippen LogP contribution in [0.1, 0.15) is 32.6 Å². The fourth-order valence-electron chi connectivity index (χ4n) is 2.75. The normalized spacial score (nSPS) is 27.4. The third-order valence-corrected chi connectivity index (χ3v) is 5.27. The summed E-state index contributed by atoms with van der Waals surface area (Å²) >= 11 is 0. The Morgan fingerprint density at radius 3 is 2.65 bits per heavy atom. The van der Waals surface area contributed by atoms with Crippen molar-refractivity contribution in [2.75, 3.05) is 12.3 Å². The largest absolute Gasteiger partial charge is 0.399 e. The second-order valence-electron chi connectivity index (χ2n) is 5.82. The van der Waals surface area contributed by atoms with E-state index < -0.39 is 15.6 Å². The third kappa shape index (κ3) is 3.71. The lowest BCUT2D eigenvalue weighted by atomic mass is 9.79. The van der Waals surface area contributed by atoms with E-state index in [0.717, 1.165) is 12.8 Å². The van der Waals surface area contributed by atoms with Gasteiger partial charge < -0.3 is 10.8 Å². The van der Waals surface area contributed by atoms with Gasteiger partial charge in [-0.2, -0.15) is 0 Å². The van der Waals surface area contributed by atoms with Crippen molar-refractivity contribution in [1.29, 1.82) is 0 Å². The molecule has 6 heteroatoms. The first kappa shape index (κ1) is 15.3. The molecular formula is C14H22N2O3S. The predicted octanol–water partition coefficient (Wildman–Crippen LogP) is 1.49. The number of hydrogen-bond acceptors (Lipinski definition) is 4. The van der Waals surface area contributed by atoms with Crippen LogP contribution < -0.4 is 10.5 Å². The van der Waals surface area contributed by atoms with Crippen LogP contribution in [0.4, 0.5) is 5.69 Å². The van der Waals surface area contributed by atoms with Gasteiger partial charge in [0.1, 0.15) is 0 Å². The highest BCUT2D eigenvalue weighted by Gasteiger charge is 2.33. The number of nitrogens with two attached hydrogens (primary N) is 1. The van der Waals surface area contributed by atoms with Crippen molar-refractivity contribution in [3.05, 3.63) is 24.3 Å². The average molecular weight is 298 g/mol. The lowest BCUT2D eigenvalue weighted by molar-refractivity contribution is -0.00751. The number of benzene rings is 1. The standard InChI is InChI=1S/C14H22N2O3S/c1-11-3-2-8-14(17,9-11)10-16-20(18,19)13-6-4-12(15)5-7-13/h4-7,11,16-17H,2-3,8-10,15H2,1H3. The van der Waals surface area contributed by atoms with E-state index >= 15 is 0 Å². The first-order valence-electron chi connectivity index (χ1n) is 6.88. The van der Waals surface area contributed by atoms with Gasteiger partial charge in [-0.15, -0.1) is 0 Å². The van der Waals surface area contributed by atoms with Gasteiger partial charge in [-0.05, 0) is 43.0 Å². The van der Waals surface area contributed by atoms with Crippen LogP contribution in [0.5, 0.6) is 0 Å². The van der Waals surface area contributed by atoms with E-state index in [2.05, 4.69) is 11.6 Å². The fourth-order valence-corrected chi connectivity index (χ4v) is 3.87. The average Bonchev–Trinajstić information content (AvgIpc) is 2.37. The number of hydrogen-bond donors (Lipinski definition) is 3. The molecule has 0 bridgehead atoms. The zero-order chi connectivity index (χ0) is 14.8. The van der Waals surface area contributed by atoms with Crippen LogP contribution in [0.15, 0.2) is 29.2 Å². The van der Waals surface area contributed by atoms with Crippen molar-refractivity contribution in [1.82, 2.24) is 4.72 Å². The quantitative estimate of drug-likeness (QED) is 0.734. The number of aliphatic hydroxyl groups is 1. The zero-order valence-electron chi connectivity index (χ0n) is 11.7. The Hall–Kier alpha value is -1.11. The van der Waals surface area contributed by atoms with E-state index in [4.69, 9.17) is 5.73 Å². The smallest absolute Gasteiger partial charge is 0.240 e. The minimum atomic E-state index is -3.60. The second-order valence-corrected chi connectivity index (χ2v) is 7.59. The maximum atomic E-state index is 12.1. The van der Waals surface area contributed by atoms with Crippen molar-refractivity contribution in [2.24, 2.45) is 5.92 Å². The lowest BCUT2D eigenvalue weighted by Gasteiger charge is -2.35. The van der Waals surface area contributed by atoms with Crippen LogP contribution in [0.2, 0.25) is 0 Å². The Bertz CT molecular complexity index is 556. The van der Waals surface area contributed by atoms with Gasteiger partial charge >= 0.3 is 0 Å². The van der Waals surface area contributed by atoms with Crippen molar-refractivity contribution < 1.29 is 13.5 Å². The summed E-state index contributed by atoms with van der Waals surface area (Å²) in [5.74, 6) is 0.426. The van der Waals surface area contributed by atoms with Crippen LogP contribution in [-0.4, -0.2) is 25.7 Å². The summed E-state index contributed by atoms with van der Waals surface area (Å²) in [5, 5.41) is 10.4. The molecule has 5 nitrogen and oxygen atoms in total. The van der Waals surface area contributed by atoms with E-state index in [1.165, 1.54) is 12.1 Å². The molecule has 1 aliphatic rings. The summed E-state index contributed by atoms with van der Waals surface area (Å²) in [6.45, 7) is 2.14. The summed E-state index contributed by atoms with van der Waals surface area (Å²) in [5.41, 5.74) is 5.13. The number of anilines is 1. The highest BCUT2D eigenvalue weighted by Crippen LogP contribution is 2.31. The zero-order valence-corrected chi connectivity index (χ0v) is 12.5. The Morgan fingerprint density at radius 1 is 1.40 bits per heavy atom. The Labute approximate surface area is 120 Å². The van der Waals surface area contributed by atoms with Crippen molar-refractivity contribution in [2.45, 2.75) is 43.1 Å². The van der Waals surface area contributed by atoms with Gasteiger partial charge in [-0.1, -0.05) is 19.8 Å². The van der Waals surface area contributed by atoms with Crippen LogP contribution in [-0.2, 0) is 10.0 Å². The summed E-state index contributed by atoms with van der Waals surface area (Å²) in [4.78, 5) is 0.166. The van der Waals surface area contributed by atoms with Crippen LogP contribution in [0.25, 0.3) is 0 Å². The van der Waals surface area contributed by atoms with Gasteiger partial charge in [0.25, 0.3) is 0 Å². The SMILES string of the molecule is CC1CCCC(O)(CNS(=O)(=O)c2ccc(N)cc2)C1. The summed E-state index contributed by atoms with van der Waals surface area (Å²) < 4.78 is 26.8. The van der Waals surface area contributed by atoms with E-state index in [0.29, 0.717) is 24.4 Å². The maximum absolute atomic E-state index is 12.1. The first-order chi connectivity index (χ1) is 9.31. The van der Waals surface area contributed by atoms with Crippen LogP contribution in [0.3, 0.4) is 0 Å². The number of nitrogen functional groups attached to an aromatic ring is 1. The molecule has 1 aromatic carbocycles.